The summed E-state index contributed by atoms with van der Waals surface area (Å²) in [5.74, 6) is -0.272. The van der Waals surface area contributed by atoms with E-state index >= 15 is 0 Å². The molecule has 2 aromatic carbocycles. The van der Waals surface area contributed by atoms with Gasteiger partial charge in [-0.2, -0.15) is 0 Å². The van der Waals surface area contributed by atoms with Gasteiger partial charge < -0.3 is 10.3 Å². The Morgan fingerprint density at radius 2 is 1.95 bits per heavy atom. The van der Waals surface area contributed by atoms with E-state index < -0.39 is 11.6 Å². The number of nitrogens with one attached hydrogen (secondary N) is 2. The van der Waals surface area contributed by atoms with Crippen molar-refractivity contribution in [1.82, 2.24) is 9.97 Å². The summed E-state index contributed by atoms with van der Waals surface area (Å²) in [4.78, 5) is 7.49. The smallest absolute Gasteiger partial charge is 0.131 e. The lowest BCUT2D eigenvalue weighted by atomic mass is 10.1. The Balaban J connectivity index is 1.86. The second-order valence-corrected chi connectivity index (χ2v) is 5.09. The zero-order valence-corrected chi connectivity index (χ0v) is 11.7. The zero-order chi connectivity index (χ0) is 15.0. The van der Waals surface area contributed by atoms with E-state index in [-0.39, 0.29) is 6.04 Å². The maximum absolute atomic E-state index is 13.8. The SMILES string of the molecule is Cc1nc2ccc(NC(C)c3ccc(F)cc3F)cc2[nH]1. The van der Waals surface area contributed by atoms with Crippen LogP contribution in [0.4, 0.5) is 14.5 Å². The minimum Gasteiger partial charge on any atom is -0.378 e. The molecule has 1 aromatic heterocycles. The molecule has 0 bridgehead atoms. The molecule has 0 fully saturated rings. The quantitative estimate of drug-likeness (QED) is 0.753. The van der Waals surface area contributed by atoms with Crippen molar-refractivity contribution < 1.29 is 8.78 Å². The molecule has 0 aliphatic heterocycles. The Morgan fingerprint density at radius 1 is 1.14 bits per heavy atom. The van der Waals surface area contributed by atoms with Gasteiger partial charge in [0.05, 0.1) is 17.1 Å². The van der Waals surface area contributed by atoms with Crippen LogP contribution in [-0.4, -0.2) is 9.97 Å². The summed E-state index contributed by atoms with van der Waals surface area (Å²) < 4.78 is 26.7. The van der Waals surface area contributed by atoms with Gasteiger partial charge in [-0.05, 0) is 38.1 Å². The van der Waals surface area contributed by atoms with Crippen LogP contribution in [0.1, 0.15) is 24.4 Å². The van der Waals surface area contributed by atoms with Crippen molar-refractivity contribution in [2.75, 3.05) is 5.32 Å². The Bertz CT molecular complexity index is 795. The number of hydrogen-bond acceptors (Lipinski definition) is 2. The molecule has 1 unspecified atom stereocenters. The maximum atomic E-state index is 13.8. The largest absolute Gasteiger partial charge is 0.378 e. The zero-order valence-electron chi connectivity index (χ0n) is 11.7. The number of anilines is 1. The minimum absolute atomic E-state index is 0.271. The predicted octanol–water partition coefficient (Wildman–Crippen LogP) is 4.32. The molecule has 0 radical (unpaired) electrons. The third-order valence-corrected chi connectivity index (χ3v) is 3.41. The summed E-state index contributed by atoms with van der Waals surface area (Å²) in [5, 5.41) is 3.21. The second-order valence-electron chi connectivity index (χ2n) is 5.09. The summed E-state index contributed by atoms with van der Waals surface area (Å²) in [6.07, 6.45) is 0. The molecule has 0 spiro atoms. The molecule has 0 aliphatic rings. The van der Waals surface area contributed by atoms with E-state index in [0.29, 0.717) is 5.56 Å². The number of aromatic amines is 1. The van der Waals surface area contributed by atoms with Crippen LogP contribution < -0.4 is 5.32 Å². The number of fused-ring (bicyclic) bond motifs is 1. The lowest BCUT2D eigenvalue weighted by Crippen LogP contribution is -2.08. The molecule has 3 nitrogen and oxygen atoms in total. The lowest BCUT2D eigenvalue weighted by molar-refractivity contribution is 0.566. The van der Waals surface area contributed by atoms with Gasteiger partial charge in [-0.15, -0.1) is 0 Å². The number of aryl methyl sites for hydroxylation is 1. The van der Waals surface area contributed by atoms with Gasteiger partial charge in [0.1, 0.15) is 17.5 Å². The highest BCUT2D eigenvalue weighted by Crippen LogP contribution is 2.24. The van der Waals surface area contributed by atoms with Crippen molar-refractivity contribution >= 4 is 16.7 Å². The highest BCUT2D eigenvalue weighted by Gasteiger charge is 2.12. The van der Waals surface area contributed by atoms with Crippen LogP contribution in [0.25, 0.3) is 11.0 Å². The van der Waals surface area contributed by atoms with Crippen LogP contribution in [0.3, 0.4) is 0 Å². The van der Waals surface area contributed by atoms with Gasteiger partial charge in [0, 0.05) is 17.3 Å². The van der Waals surface area contributed by atoms with Crippen LogP contribution in [0, 0.1) is 18.6 Å². The molecular weight excluding hydrogens is 272 g/mol. The number of halogens is 2. The number of imidazole rings is 1. The number of benzene rings is 2. The standard InChI is InChI=1S/C16H15F2N3/c1-9(13-5-3-11(17)7-14(13)18)19-12-4-6-15-16(8-12)21-10(2)20-15/h3-9,19H,1-2H3,(H,20,21). The molecular formula is C16H15F2N3. The fourth-order valence-corrected chi connectivity index (χ4v) is 2.41. The number of rotatable bonds is 3. The second kappa shape index (κ2) is 5.16. The maximum Gasteiger partial charge on any atom is 0.131 e. The molecule has 0 aliphatic carbocycles. The van der Waals surface area contributed by atoms with Crippen molar-refractivity contribution in [3.05, 3.63) is 59.4 Å². The fourth-order valence-electron chi connectivity index (χ4n) is 2.41. The van der Waals surface area contributed by atoms with E-state index in [4.69, 9.17) is 0 Å². The van der Waals surface area contributed by atoms with Crippen LogP contribution in [0.15, 0.2) is 36.4 Å². The molecule has 1 atom stereocenters. The Kier molecular flexibility index (Phi) is 3.33. The summed E-state index contributed by atoms with van der Waals surface area (Å²) >= 11 is 0. The van der Waals surface area contributed by atoms with Crippen molar-refractivity contribution in [3.8, 4) is 0 Å². The molecule has 0 amide bonds. The molecule has 3 rings (SSSR count). The summed E-state index contributed by atoms with van der Waals surface area (Å²) in [6.45, 7) is 3.72. The third kappa shape index (κ3) is 2.72. The predicted molar refractivity (Wildman–Crippen MR) is 79.2 cm³/mol. The summed E-state index contributed by atoms with van der Waals surface area (Å²) in [6, 6.07) is 9.06. The molecule has 5 heteroatoms. The first-order chi connectivity index (χ1) is 10.0. The van der Waals surface area contributed by atoms with Crippen LogP contribution >= 0.6 is 0 Å². The van der Waals surface area contributed by atoms with Gasteiger partial charge in [-0.1, -0.05) is 6.07 Å². The van der Waals surface area contributed by atoms with Gasteiger partial charge >= 0.3 is 0 Å². The third-order valence-electron chi connectivity index (χ3n) is 3.41. The van der Waals surface area contributed by atoms with E-state index in [0.717, 1.165) is 28.6 Å². The first-order valence-corrected chi connectivity index (χ1v) is 6.71. The van der Waals surface area contributed by atoms with Crippen molar-refractivity contribution in [1.29, 1.82) is 0 Å². The summed E-state index contributed by atoms with van der Waals surface area (Å²) in [5.41, 5.74) is 3.09. The average Bonchev–Trinajstić information content (AvgIpc) is 2.77. The number of nitrogens with zero attached hydrogens (tertiary/aromatic N) is 1. The van der Waals surface area contributed by atoms with E-state index in [9.17, 15) is 8.78 Å². The van der Waals surface area contributed by atoms with Crippen molar-refractivity contribution in [3.63, 3.8) is 0 Å². The Labute approximate surface area is 121 Å². The fraction of sp³-hybridized carbons (Fsp3) is 0.188. The van der Waals surface area contributed by atoms with Crippen molar-refractivity contribution in [2.45, 2.75) is 19.9 Å². The molecule has 2 N–H and O–H groups in total. The number of hydrogen-bond donors (Lipinski definition) is 2. The first-order valence-electron chi connectivity index (χ1n) is 6.71. The van der Waals surface area contributed by atoms with Crippen LogP contribution in [-0.2, 0) is 0 Å². The first kappa shape index (κ1) is 13.5. The van der Waals surface area contributed by atoms with Crippen molar-refractivity contribution in [2.24, 2.45) is 0 Å². The van der Waals surface area contributed by atoms with E-state index in [2.05, 4.69) is 15.3 Å². The van der Waals surface area contributed by atoms with E-state index in [1.807, 2.05) is 32.0 Å². The molecule has 21 heavy (non-hydrogen) atoms. The van der Waals surface area contributed by atoms with Gasteiger partial charge in [-0.3, -0.25) is 0 Å². The topological polar surface area (TPSA) is 40.7 Å². The van der Waals surface area contributed by atoms with Gasteiger partial charge in [0.25, 0.3) is 0 Å². The molecule has 0 saturated heterocycles. The minimum atomic E-state index is -0.571. The highest BCUT2D eigenvalue weighted by atomic mass is 19.1. The monoisotopic (exact) mass is 287 g/mol. The molecule has 108 valence electrons. The van der Waals surface area contributed by atoms with Crippen LogP contribution in [0.2, 0.25) is 0 Å². The normalized spacial score (nSPS) is 12.6. The Morgan fingerprint density at radius 3 is 2.71 bits per heavy atom. The Hall–Kier alpha value is -2.43. The average molecular weight is 287 g/mol. The number of aromatic nitrogens is 2. The van der Waals surface area contributed by atoms with Gasteiger partial charge in [0.2, 0.25) is 0 Å². The molecule has 1 heterocycles. The van der Waals surface area contributed by atoms with Crippen LogP contribution in [0.5, 0.6) is 0 Å². The van der Waals surface area contributed by atoms with Gasteiger partial charge in [0.15, 0.2) is 0 Å². The van der Waals surface area contributed by atoms with E-state index in [1.54, 1.807) is 0 Å². The highest BCUT2D eigenvalue weighted by molar-refractivity contribution is 5.79. The number of H-pyrrole nitrogens is 1. The van der Waals surface area contributed by atoms with E-state index in [1.165, 1.54) is 12.1 Å². The molecule has 3 aromatic rings. The van der Waals surface area contributed by atoms with Gasteiger partial charge in [-0.25, -0.2) is 13.8 Å². The summed E-state index contributed by atoms with van der Waals surface area (Å²) in [7, 11) is 0. The lowest BCUT2D eigenvalue weighted by Gasteiger charge is -2.16. The molecule has 0 saturated carbocycles.